The van der Waals surface area contributed by atoms with Crippen molar-refractivity contribution in [2.75, 3.05) is 31.6 Å². The van der Waals surface area contributed by atoms with E-state index in [9.17, 15) is 14.4 Å². The fourth-order valence-corrected chi connectivity index (χ4v) is 6.03. The summed E-state index contributed by atoms with van der Waals surface area (Å²) in [6, 6.07) is 21.7. The second-order valence-corrected chi connectivity index (χ2v) is 11.4. The van der Waals surface area contributed by atoms with Crippen LogP contribution in [0.1, 0.15) is 47.6 Å². The quantitative estimate of drug-likeness (QED) is 0.301. The summed E-state index contributed by atoms with van der Waals surface area (Å²) in [5, 5.41) is 3.03. The second kappa shape index (κ2) is 14.3. The third kappa shape index (κ3) is 7.51. The maximum atomic E-state index is 13.2. The average molecular weight is 600 g/mol. The molecule has 0 spiro atoms. The lowest BCUT2D eigenvalue weighted by molar-refractivity contribution is -0.153. The smallest absolute Gasteiger partial charge is 0.410 e. The van der Waals surface area contributed by atoms with Crippen LogP contribution in [0.5, 0.6) is 5.75 Å². The van der Waals surface area contributed by atoms with E-state index in [-0.39, 0.29) is 25.1 Å². The van der Waals surface area contributed by atoms with Gasteiger partial charge >= 0.3 is 18.1 Å². The molecule has 1 saturated heterocycles. The van der Waals surface area contributed by atoms with Gasteiger partial charge in [0, 0.05) is 37.8 Å². The van der Waals surface area contributed by atoms with Gasteiger partial charge in [-0.2, -0.15) is 0 Å². The number of nitrogens with one attached hydrogen (secondary N) is 1. The molecule has 3 amide bonds. The SMILES string of the molecule is CCOC(=O)C(Cc1cc(C)c(OCc2ccccc2)c(C)c1)OC(=O)N1CCC(N2CCc3ccccc3NC2=O)CC1. The Bertz CT molecular complexity index is 1450. The van der Waals surface area contributed by atoms with E-state index in [0.29, 0.717) is 39.1 Å². The highest BCUT2D eigenvalue weighted by Gasteiger charge is 2.34. The van der Waals surface area contributed by atoms with Crippen molar-refractivity contribution in [1.29, 1.82) is 0 Å². The fraction of sp³-hybridized carbons (Fsp3) is 0.400. The van der Waals surface area contributed by atoms with Gasteiger partial charge in [0.05, 0.1) is 6.61 Å². The molecule has 1 N–H and O–H groups in total. The summed E-state index contributed by atoms with van der Waals surface area (Å²) in [5.74, 6) is 0.225. The third-order valence-corrected chi connectivity index (χ3v) is 8.27. The molecule has 0 bridgehead atoms. The number of benzene rings is 3. The van der Waals surface area contributed by atoms with Gasteiger partial charge in [0.25, 0.3) is 0 Å². The first-order valence-corrected chi connectivity index (χ1v) is 15.4. The number of nitrogens with zero attached hydrogens (tertiary/aromatic N) is 2. The van der Waals surface area contributed by atoms with E-state index in [2.05, 4.69) is 5.32 Å². The number of amides is 3. The Labute approximate surface area is 259 Å². The zero-order valence-corrected chi connectivity index (χ0v) is 25.7. The number of rotatable bonds is 9. The van der Waals surface area contributed by atoms with Crippen LogP contribution in [0.4, 0.5) is 15.3 Å². The van der Waals surface area contributed by atoms with Crippen LogP contribution in [-0.4, -0.2) is 66.3 Å². The van der Waals surface area contributed by atoms with Crippen LogP contribution in [0.2, 0.25) is 0 Å². The molecular weight excluding hydrogens is 558 g/mol. The van der Waals surface area contributed by atoms with Gasteiger partial charge in [-0.25, -0.2) is 14.4 Å². The lowest BCUT2D eigenvalue weighted by Gasteiger charge is -2.37. The standard InChI is InChI=1S/C35H41N3O6/c1-4-42-33(39)31(22-27-20-24(2)32(25(3)21-27)43-23-26-10-6-5-7-11-26)44-35(41)37-17-15-29(16-18-37)38-19-14-28-12-8-9-13-30(28)36-34(38)40/h5-13,20-21,29,31H,4,14-19,22-23H2,1-3H3,(H,36,40). The molecule has 0 saturated carbocycles. The first kappa shape index (κ1) is 30.9. The van der Waals surface area contributed by atoms with Crippen LogP contribution in [0.3, 0.4) is 0 Å². The fourth-order valence-electron chi connectivity index (χ4n) is 6.03. The second-order valence-electron chi connectivity index (χ2n) is 11.4. The number of carbonyl (C=O) groups excluding carboxylic acids is 3. The summed E-state index contributed by atoms with van der Waals surface area (Å²) >= 11 is 0. The van der Waals surface area contributed by atoms with Crippen molar-refractivity contribution in [1.82, 2.24) is 9.80 Å². The molecule has 0 aromatic heterocycles. The van der Waals surface area contributed by atoms with Gasteiger partial charge in [-0.15, -0.1) is 0 Å². The maximum absolute atomic E-state index is 13.2. The normalized spacial score (nSPS) is 15.9. The van der Waals surface area contributed by atoms with Crippen molar-refractivity contribution in [3.8, 4) is 5.75 Å². The summed E-state index contributed by atoms with van der Waals surface area (Å²) in [4.78, 5) is 42.6. The Hall–Kier alpha value is -4.53. The van der Waals surface area contributed by atoms with Crippen molar-refractivity contribution >= 4 is 23.8 Å². The number of para-hydroxylation sites is 1. The summed E-state index contributed by atoms with van der Waals surface area (Å²) in [5.41, 5.74) is 5.78. The van der Waals surface area contributed by atoms with Crippen molar-refractivity contribution in [2.45, 2.75) is 65.2 Å². The zero-order chi connectivity index (χ0) is 31.1. The Balaban J connectivity index is 1.19. The van der Waals surface area contributed by atoms with Crippen LogP contribution >= 0.6 is 0 Å². The molecule has 1 atom stereocenters. The van der Waals surface area contributed by atoms with Crippen LogP contribution < -0.4 is 10.1 Å². The van der Waals surface area contributed by atoms with Crippen LogP contribution in [-0.2, 0) is 33.7 Å². The van der Waals surface area contributed by atoms with Crippen LogP contribution in [0.25, 0.3) is 0 Å². The molecule has 2 aliphatic heterocycles. The average Bonchev–Trinajstić information content (AvgIpc) is 3.19. The lowest BCUT2D eigenvalue weighted by Crippen LogP contribution is -2.50. The number of carbonyl (C=O) groups is 3. The number of anilines is 1. The number of hydrogen-bond acceptors (Lipinski definition) is 6. The van der Waals surface area contributed by atoms with Gasteiger partial charge in [-0.3, -0.25) is 0 Å². The van der Waals surface area contributed by atoms with E-state index in [1.165, 1.54) is 0 Å². The Morgan fingerprint density at radius 2 is 1.61 bits per heavy atom. The van der Waals surface area contributed by atoms with E-state index >= 15 is 0 Å². The molecule has 3 aromatic carbocycles. The minimum atomic E-state index is -1.08. The van der Waals surface area contributed by atoms with Gasteiger partial charge in [0.2, 0.25) is 6.10 Å². The monoisotopic (exact) mass is 599 g/mol. The molecule has 9 heteroatoms. The van der Waals surface area contributed by atoms with Gasteiger partial charge in [-0.1, -0.05) is 60.7 Å². The Morgan fingerprint density at radius 3 is 2.32 bits per heavy atom. The number of hydrogen-bond donors (Lipinski definition) is 1. The molecule has 9 nitrogen and oxygen atoms in total. The zero-order valence-electron chi connectivity index (χ0n) is 25.7. The highest BCUT2D eigenvalue weighted by molar-refractivity contribution is 5.91. The third-order valence-electron chi connectivity index (χ3n) is 8.27. The number of aryl methyl sites for hydroxylation is 2. The Kier molecular flexibility index (Phi) is 10.0. The molecule has 2 aliphatic rings. The molecule has 2 heterocycles. The summed E-state index contributed by atoms with van der Waals surface area (Å²) < 4.78 is 17.2. The van der Waals surface area contributed by atoms with Gasteiger partial charge < -0.3 is 29.3 Å². The summed E-state index contributed by atoms with van der Waals surface area (Å²) in [6.45, 7) is 7.79. The Morgan fingerprint density at radius 1 is 0.932 bits per heavy atom. The van der Waals surface area contributed by atoms with E-state index in [4.69, 9.17) is 14.2 Å². The number of piperidine rings is 1. The predicted octanol–water partition coefficient (Wildman–Crippen LogP) is 6.05. The van der Waals surface area contributed by atoms with E-state index in [1.54, 1.807) is 11.8 Å². The first-order chi connectivity index (χ1) is 21.3. The largest absolute Gasteiger partial charge is 0.488 e. The molecule has 1 unspecified atom stereocenters. The lowest BCUT2D eigenvalue weighted by atomic mass is 10.0. The van der Waals surface area contributed by atoms with Gasteiger partial charge in [0.15, 0.2) is 0 Å². The van der Waals surface area contributed by atoms with Crippen LogP contribution in [0.15, 0.2) is 66.7 Å². The highest BCUT2D eigenvalue weighted by Crippen LogP contribution is 2.28. The molecule has 44 heavy (non-hydrogen) atoms. The van der Waals surface area contributed by atoms with Crippen molar-refractivity contribution < 1.29 is 28.6 Å². The number of esters is 1. The van der Waals surface area contributed by atoms with E-state index < -0.39 is 18.2 Å². The molecule has 1 fully saturated rings. The van der Waals surface area contributed by atoms with Gasteiger partial charge in [-0.05, 0) is 73.9 Å². The number of ether oxygens (including phenoxy) is 3. The van der Waals surface area contributed by atoms with E-state index in [0.717, 1.165) is 45.7 Å². The van der Waals surface area contributed by atoms with Crippen molar-refractivity contribution in [3.63, 3.8) is 0 Å². The minimum absolute atomic E-state index is 0.0165. The first-order valence-electron chi connectivity index (χ1n) is 15.4. The summed E-state index contributed by atoms with van der Waals surface area (Å²) in [7, 11) is 0. The van der Waals surface area contributed by atoms with Crippen molar-refractivity contribution in [3.05, 3.63) is 94.5 Å². The van der Waals surface area contributed by atoms with Gasteiger partial charge in [0.1, 0.15) is 12.4 Å². The number of urea groups is 1. The topological polar surface area (TPSA) is 97.4 Å². The summed E-state index contributed by atoms with van der Waals surface area (Å²) in [6.07, 6.45) is 0.598. The molecule has 3 aromatic rings. The molecule has 5 rings (SSSR count). The minimum Gasteiger partial charge on any atom is -0.488 e. The van der Waals surface area contributed by atoms with Crippen molar-refractivity contribution in [2.24, 2.45) is 0 Å². The van der Waals surface area contributed by atoms with Crippen LogP contribution in [0, 0.1) is 13.8 Å². The maximum Gasteiger partial charge on any atom is 0.410 e. The highest BCUT2D eigenvalue weighted by atomic mass is 16.6. The number of likely N-dealkylation sites (tertiary alicyclic amines) is 1. The molecule has 232 valence electrons. The number of fused-ring (bicyclic) bond motifs is 1. The molecule has 0 radical (unpaired) electrons. The van der Waals surface area contributed by atoms with E-state index in [1.807, 2.05) is 85.5 Å². The molecule has 0 aliphatic carbocycles. The molecular formula is C35H41N3O6. The predicted molar refractivity (Wildman–Crippen MR) is 168 cm³/mol.